The number of rotatable bonds is 9. The Balaban J connectivity index is 0.00000158. The number of allylic oxidation sites excluding steroid dienone is 2. The van der Waals surface area contributed by atoms with E-state index < -0.39 is 6.04 Å². The van der Waals surface area contributed by atoms with Crippen LogP contribution in [0.5, 0.6) is 0 Å². The van der Waals surface area contributed by atoms with E-state index in [9.17, 15) is 9.59 Å². The van der Waals surface area contributed by atoms with Gasteiger partial charge in [-0.05, 0) is 83.7 Å². The third-order valence-corrected chi connectivity index (χ3v) is 8.89. The van der Waals surface area contributed by atoms with Crippen LogP contribution in [0.2, 0.25) is 0 Å². The highest BCUT2D eigenvalue weighted by molar-refractivity contribution is 5.83. The van der Waals surface area contributed by atoms with E-state index in [1.807, 2.05) is 64.3 Å². The van der Waals surface area contributed by atoms with Crippen molar-refractivity contribution in [3.63, 3.8) is 0 Å². The van der Waals surface area contributed by atoms with Gasteiger partial charge in [0.25, 0.3) is 0 Å². The van der Waals surface area contributed by atoms with E-state index in [0.29, 0.717) is 13.1 Å². The van der Waals surface area contributed by atoms with Crippen molar-refractivity contribution in [1.82, 2.24) is 24.7 Å². The number of imidazole rings is 1. The lowest BCUT2D eigenvalue weighted by Crippen LogP contribution is -2.50. The molecule has 1 aliphatic heterocycles. The van der Waals surface area contributed by atoms with Crippen molar-refractivity contribution >= 4 is 17.6 Å². The molecule has 4 rings (SSSR count). The van der Waals surface area contributed by atoms with Gasteiger partial charge in [-0.2, -0.15) is 0 Å². The van der Waals surface area contributed by atoms with E-state index in [2.05, 4.69) is 78.6 Å². The number of nitrogens with zero attached hydrogens (tertiary/aromatic N) is 4. The summed E-state index contributed by atoms with van der Waals surface area (Å²) >= 11 is 0. The molecule has 0 unspecified atom stereocenters. The number of aryl methyl sites for hydroxylation is 2. The average Bonchev–Trinajstić information content (AvgIpc) is 3.50. The summed E-state index contributed by atoms with van der Waals surface area (Å²) in [6, 6.07) is 6.38. The SMILES string of the molecule is C/C=C1/C/C=C(/[C@@H](NC(=O)COC(C)(C)CC)c2cncn2C)c2cc(C)ccc2[C@H](N2CCN(C(=O)OC(C)C)CC2)C1.C=CN.CC. The highest BCUT2D eigenvalue weighted by Gasteiger charge is 2.33. The van der Waals surface area contributed by atoms with Crippen molar-refractivity contribution in [3.8, 4) is 0 Å². The summed E-state index contributed by atoms with van der Waals surface area (Å²) in [5.41, 5.74) is 11.0. The second kappa shape index (κ2) is 19.9. The molecule has 0 radical (unpaired) electrons. The summed E-state index contributed by atoms with van der Waals surface area (Å²) in [6.45, 7) is 23.9. The normalized spacial score (nSPS) is 19.1. The predicted molar refractivity (Wildman–Crippen MR) is 200 cm³/mol. The number of hydrogen-bond donors (Lipinski definition) is 2. The highest BCUT2D eigenvalue weighted by Crippen LogP contribution is 2.42. The van der Waals surface area contributed by atoms with Crippen molar-refractivity contribution < 1.29 is 19.1 Å². The number of fused-ring (bicyclic) bond motifs is 1. The lowest BCUT2D eigenvalue weighted by atomic mass is 9.82. The molecule has 0 spiro atoms. The molecule has 1 fully saturated rings. The van der Waals surface area contributed by atoms with Crippen LogP contribution in [0.4, 0.5) is 4.79 Å². The van der Waals surface area contributed by atoms with Gasteiger partial charge in [-0.3, -0.25) is 9.69 Å². The Kier molecular flexibility index (Phi) is 16.8. The van der Waals surface area contributed by atoms with Gasteiger partial charge in [0.1, 0.15) is 6.61 Å². The summed E-state index contributed by atoms with van der Waals surface area (Å²) in [7, 11) is 1.96. The van der Waals surface area contributed by atoms with Crippen LogP contribution in [0.15, 0.2) is 61.2 Å². The minimum absolute atomic E-state index is 0.0184. The maximum atomic E-state index is 13.4. The number of carbonyl (C=O) groups excluding carboxylic acids is 2. The minimum atomic E-state index is -0.414. The predicted octanol–water partition coefficient (Wildman–Crippen LogP) is 7.23. The second-order valence-electron chi connectivity index (χ2n) is 13.1. The monoisotopic (exact) mass is 678 g/mol. The van der Waals surface area contributed by atoms with Gasteiger partial charge < -0.3 is 30.0 Å². The summed E-state index contributed by atoms with van der Waals surface area (Å²) < 4.78 is 13.4. The van der Waals surface area contributed by atoms with Crippen LogP contribution < -0.4 is 11.1 Å². The van der Waals surface area contributed by atoms with Crippen molar-refractivity contribution in [2.75, 3.05) is 32.8 Å². The molecule has 272 valence electrons. The quantitative estimate of drug-likeness (QED) is 0.269. The Hall–Kier alpha value is -3.89. The molecule has 1 saturated heterocycles. The van der Waals surface area contributed by atoms with Crippen molar-refractivity contribution in [1.29, 1.82) is 0 Å². The number of hydrogen-bond acceptors (Lipinski definition) is 7. The lowest BCUT2D eigenvalue weighted by molar-refractivity contribution is -0.132. The van der Waals surface area contributed by atoms with Crippen LogP contribution in [-0.2, 0) is 21.3 Å². The van der Waals surface area contributed by atoms with E-state index in [0.717, 1.165) is 54.7 Å². The first kappa shape index (κ1) is 41.3. The Morgan fingerprint density at radius 1 is 1.18 bits per heavy atom. The zero-order chi connectivity index (χ0) is 36.7. The Labute approximate surface area is 295 Å². The topological polar surface area (TPSA) is 115 Å². The summed E-state index contributed by atoms with van der Waals surface area (Å²) in [5, 5.41) is 3.31. The lowest BCUT2D eigenvalue weighted by Gasteiger charge is -2.41. The number of amides is 2. The standard InChI is InChI=1S/C35H51N5O4.C2H5N.C2H6/c1-9-26-12-14-28(33(31-21-36-23-38(31)8)37-32(41)22-43-35(6,7)10-2)29-19-25(5)11-13-27(29)30(20-26)39-15-17-40(18-16-39)34(42)44-24(3)4;1-2-3;1-2/h9,11,13-14,19,21,23-24,30,33H,10,12,15-18,20,22H2,1-8H3,(H,37,41);2H,1,3H2;1-2H3/b26-9-,28-14+;;/t30-,33-;;/m1../s1. The maximum Gasteiger partial charge on any atom is 0.410 e. The molecule has 10 nitrogen and oxygen atoms in total. The van der Waals surface area contributed by atoms with Crippen molar-refractivity contribution in [2.45, 2.75) is 105 Å². The smallest absolute Gasteiger partial charge is 0.410 e. The Morgan fingerprint density at radius 3 is 2.39 bits per heavy atom. The van der Waals surface area contributed by atoms with E-state index in [1.165, 1.54) is 17.3 Å². The second-order valence-corrected chi connectivity index (χ2v) is 13.1. The highest BCUT2D eigenvalue weighted by atomic mass is 16.6. The van der Waals surface area contributed by atoms with Crippen LogP contribution in [0.25, 0.3) is 5.57 Å². The third kappa shape index (κ3) is 11.9. The number of ether oxygens (including phenoxy) is 2. The summed E-state index contributed by atoms with van der Waals surface area (Å²) in [5.74, 6) is -0.165. The first-order valence-electron chi connectivity index (χ1n) is 17.7. The van der Waals surface area contributed by atoms with E-state index in [4.69, 9.17) is 9.47 Å². The number of piperazine rings is 1. The molecular weight excluding hydrogens is 616 g/mol. The molecule has 2 aliphatic rings. The van der Waals surface area contributed by atoms with E-state index in [-0.39, 0.29) is 36.4 Å². The number of nitrogens with two attached hydrogens (primary N) is 1. The summed E-state index contributed by atoms with van der Waals surface area (Å²) in [4.78, 5) is 34.8. The molecule has 2 atom stereocenters. The number of benzene rings is 1. The fraction of sp³-hybridized carbons (Fsp3) is 0.564. The summed E-state index contributed by atoms with van der Waals surface area (Å²) in [6.07, 6.45) is 11.5. The van der Waals surface area contributed by atoms with Gasteiger partial charge >= 0.3 is 6.09 Å². The largest absolute Gasteiger partial charge is 0.447 e. The maximum absolute atomic E-state index is 13.4. The van der Waals surface area contributed by atoms with Crippen molar-refractivity contribution in [2.24, 2.45) is 12.8 Å². The molecule has 2 amide bonds. The van der Waals surface area contributed by atoms with Crippen LogP contribution in [0.1, 0.15) is 109 Å². The molecule has 49 heavy (non-hydrogen) atoms. The van der Waals surface area contributed by atoms with Gasteiger partial charge in [0.15, 0.2) is 0 Å². The van der Waals surface area contributed by atoms with Gasteiger partial charge in [-0.15, -0.1) is 0 Å². The van der Waals surface area contributed by atoms with Crippen LogP contribution in [0, 0.1) is 6.92 Å². The van der Waals surface area contributed by atoms with Crippen LogP contribution in [-0.4, -0.2) is 75.8 Å². The van der Waals surface area contributed by atoms with E-state index >= 15 is 0 Å². The minimum Gasteiger partial charge on any atom is -0.447 e. The molecule has 3 N–H and O–H groups in total. The third-order valence-electron chi connectivity index (χ3n) is 8.89. The molecule has 1 aliphatic carbocycles. The molecular formula is C39H62N6O4. The van der Waals surface area contributed by atoms with Gasteiger partial charge in [0.05, 0.1) is 36.0 Å². The van der Waals surface area contributed by atoms with Crippen LogP contribution >= 0.6 is 0 Å². The number of carbonyl (C=O) groups is 2. The van der Waals surface area contributed by atoms with Crippen LogP contribution in [0.3, 0.4) is 0 Å². The molecule has 1 aromatic heterocycles. The fourth-order valence-corrected chi connectivity index (χ4v) is 5.85. The van der Waals surface area contributed by atoms with Gasteiger partial charge in [0, 0.05) is 39.3 Å². The first-order chi connectivity index (χ1) is 23.3. The molecule has 10 heteroatoms. The van der Waals surface area contributed by atoms with Gasteiger partial charge in [-0.25, -0.2) is 9.78 Å². The zero-order valence-electron chi connectivity index (χ0n) is 31.7. The Bertz CT molecular complexity index is 1420. The van der Waals surface area contributed by atoms with Gasteiger partial charge in [0.2, 0.25) is 5.91 Å². The number of nitrogens with one attached hydrogen (secondary N) is 1. The average molecular weight is 679 g/mol. The fourth-order valence-electron chi connectivity index (χ4n) is 5.85. The molecule has 0 bridgehead atoms. The van der Waals surface area contributed by atoms with E-state index in [1.54, 1.807) is 6.33 Å². The molecule has 2 heterocycles. The molecule has 1 aromatic carbocycles. The molecule has 0 saturated carbocycles. The van der Waals surface area contributed by atoms with Crippen molar-refractivity contribution in [3.05, 3.63) is 83.6 Å². The first-order valence-corrected chi connectivity index (χ1v) is 17.7. The Morgan fingerprint density at radius 2 is 1.84 bits per heavy atom. The zero-order valence-corrected chi connectivity index (χ0v) is 31.7. The van der Waals surface area contributed by atoms with Gasteiger partial charge in [-0.1, -0.05) is 68.8 Å². The number of aromatic nitrogens is 2. The molecule has 2 aromatic rings.